The number of hydrogen-bond donors (Lipinski definition) is 0. The summed E-state index contributed by atoms with van der Waals surface area (Å²) in [5, 5.41) is 0. The van der Waals surface area contributed by atoms with E-state index in [0.717, 1.165) is 19.2 Å². The highest BCUT2D eigenvalue weighted by atomic mass is 19.1. The average molecular weight is 308 g/mol. The molecule has 0 bridgehead atoms. The highest BCUT2D eigenvalue weighted by molar-refractivity contribution is 5.89. The van der Waals surface area contributed by atoms with Crippen molar-refractivity contribution in [2.45, 2.75) is 6.61 Å². The highest BCUT2D eigenvalue weighted by Gasteiger charge is 2.16. The van der Waals surface area contributed by atoms with Crippen molar-refractivity contribution in [1.29, 1.82) is 0 Å². The maximum atomic E-state index is 13.9. The Hall–Kier alpha value is -2.63. The summed E-state index contributed by atoms with van der Waals surface area (Å²) >= 11 is 0. The van der Waals surface area contributed by atoms with Crippen molar-refractivity contribution in [3.63, 3.8) is 0 Å². The molecule has 0 fully saturated rings. The summed E-state index contributed by atoms with van der Waals surface area (Å²) < 4.78 is 42.5. The zero-order valence-electron chi connectivity index (χ0n) is 12.1. The molecule has 0 saturated carbocycles. The van der Waals surface area contributed by atoms with E-state index >= 15 is 0 Å². The maximum absolute atomic E-state index is 13.9. The molecule has 0 atom stereocenters. The first kappa shape index (κ1) is 15.8. The predicted molar refractivity (Wildman–Crippen MR) is 75.0 cm³/mol. The molecule has 0 aliphatic heterocycles. The molecule has 0 aliphatic rings. The normalized spacial score (nSPS) is 10.2. The second-order valence-corrected chi connectivity index (χ2v) is 4.38. The molecular formula is C16H14F2O4. The van der Waals surface area contributed by atoms with Crippen LogP contribution < -0.4 is 9.47 Å². The largest absolute Gasteiger partial charge is 0.497 e. The van der Waals surface area contributed by atoms with Gasteiger partial charge in [0.15, 0.2) is 0 Å². The van der Waals surface area contributed by atoms with Crippen molar-refractivity contribution in [3.05, 3.63) is 59.2 Å². The molecule has 0 N–H and O–H groups in total. The Balaban J connectivity index is 2.16. The van der Waals surface area contributed by atoms with Crippen molar-refractivity contribution in [2.24, 2.45) is 0 Å². The zero-order chi connectivity index (χ0) is 16.1. The second-order valence-electron chi connectivity index (χ2n) is 4.38. The summed E-state index contributed by atoms with van der Waals surface area (Å²) in [6.45, 7) is -0.183. The first-order chi connectivity index (χ1) is 10.5. The van der Waals surface area contributed by atoms with Gasteiger partial charge in [-0.25, -0.2) is 13.6 Å². The van der Waals surface area contributed by atoms with Crippen LogP contribution >= 0.6 is 0 Å². The lowest BCUT2D eigenvalue weighted by Crippen LogP contribution is -2.08. The Morgan fingerprint density at radius 3 is 2.45 bits per heavy atom. The summed E-state index contributed by atoms with van der Waals surface area (Å²) in [7, 11) is 2.61. The number of carbonyl (C=O) groups is 1. The third kappa shape index (κ3) is 3.52. The Kier molecular flexibility index (Phi) is 4.93. The van der Waals surface area contributed by atoms with Gasteiger partial charge in [0.05, 0.1) is 19.8 Å². The number of hydrogen-bond acceptors (Lipinski definition) is 4. The molecule has 2 aromatic carbocycles. The van der Waals surface area contributed by atoms with Crippen LogP contribution in [0, 0.1) is 11.6 Å². The second kappa shape index (κ2) is 6.89. The van der Waals surface area contributed by atoms with Crippen LogP contribution in [0.15, 0.2) is 36.4 Å². The van der Waals surface area contributed by atoms with Gasteiger partial charge in [0, 0.05) is 11.6 Å². The van der Waals surface area contributed by atoms with Crippen LogP contribution in [0.5, 0.6) is 11.5 Å². The molecular weight excluding hydrogens is 294 g/mol. The molecule has 2 rings (SSSR count). The summed E-state index contributed by atoms with van der Waals surface area (Å²) in [5.74, 6) is -1.50. The van der Waals surface area contributed by atoms with Crippen molar-refractivity contribution >= 4 is 5.97 Å². The number of rotatable bonds is 5. The fraction of sp³-hybridized carbons (Fsp3) is 0.188. The molecule has 0 aromatic heterocycles. The minimum absolute atomic E-state index is 0.00651. The molecule has 116 valence electrons. The maximum Gasteiger partial charge on any atom is 0.340 e. The molecule has 0 unspecified atom stereocenters. The fourth-order valence-electron chi connectivity index (χ4n) is 1.82. The van der Waals surface area contributed by atoms with Gasteiger partial charge in [-0.2, -0.15) is 0 Å². The number of halogens is 2. The Bertz CT molecular complexity index is 686. The summed E-state index contributed by atoms with van der Waals surface area (Å²) in [6.07, 6.45) is 0. The van der Waals surface area contributed by atoms with Gasteiger partial charge >= 0.3 is 5.97 Å². The van der Waals surface area contributed by atoms with E-state index < -0.39 is 23.2 Å². The number of benzene rings is 2. The number of methoxy groups -OCH3 is 2. The summed E-state index contributed by atoms with van der Waals surface area (Å²) in [4.78, 5) is 11.3. The first-order valence-electron chi connectivity index (χ1n) is 6.38. The van der Waals surface area contributed by atoms with Gasteiger partial charge in [0.2, 0.25) is 0 Å². The van der Waals surface area contributed by atoms with E-state index in [9.17, 15) is 13.6 Å². The Morgan fingerprint density at radius 2 is 1.77 bits per heavy atom. The Morgan fingerprint density at radius 1 is 1.05 bits per heavy atom. The van der Waals surface area contributed by atoms with Gasteiger partial charge in [-0.05, 0) is 24.3 Å². The molecule has 0 radical (unpaired) electrons. The van der Waals surface area contributed by atoms with Crippen LogP contribution in [-0.2, 0) is 11.3 Å². The van der Waals surface area contributed by atoms with Crippen molar-refractivity contribution in [1.82, 2.24) is 0 Å². The average Bonchev–Trinajstić information content (AvgIpc) is 2.54. The van der Waals surface area contributed by atoms with Gasteiger partial charge in [0.25, 0.3) is 0 Å². The zero-order valence-corrected chi connectivity index (χ0v) is 12.1. The quantitative estimate of drug-likeness (QED) is 0.795. The smallest absolute Gasteiger partial charge is 0.340 e. The molecule has 2 aromatic rings. The minimum atomic E-state index is -0.934. The van der Waals surface area contributed by atoms with Crippen LogP contribution in [0.1, 0.15) is 15.9 Å². The SMILES string of the molecule is COC(=O)c1cc(F)c(COc2cccc(OC)c2)cc1F. The molecule has 6 heteroatoms. The molecule has 0 saturated heterocycles. The van der Waals surface area contributed by atoms with Gasteiger partial charge in [-0.1, -0.05) is 6.07 Å². The molecule has 22 heavy (non-hydrogen) atoms. The van der Waals surface area contributed by atoms with E-state index in [2.05, 4.69) is 4.74 Å². The van der Waals surface area contributed by atoms with Gasteiger partial charge < -0.3 is 14.2 Å². The third-order valence-corrected chi connectivity index (χ3v) is 2.98. The van der Waals surface area contributed by atoms with E-state index in [0.29, 0.717) is 11.5 Å². The van der Waals surface area contributed by atoms with Crippen LogP contribution in [0.2, 0.25) is 0 Å². The highest BCUT2D eigenvalue weighted by Crippen LogP contribution is 2.22. The number of carbonyl (C=O) groups excluding carboxylic acids is 1. The van der Waals surface area contributed by atoms with Gasteiger partial charge in [-0.3, -0.25) is 0 Å². The van der Waals surface area contributed by atoms with E-state index in [1.807, 2.05) is 0 Å². The standard InChI is InChI=1S/C16H14F2O4/c1-20-11-4-3-5-12(7-11)22-9-10-6-15(18)13(8-14(10)17)16(19)21-2/h3-8H,9H2,1-2H3. The fourth-order valence-corrected chi connectivity index (χ4v) is 1.82. The van der Waals surface area contributed by atoms with E-state index in [1.165, 1.54) is 7.11 Å². The van der Waals surface area contributed by atoms with Crippen LogP contribution in [0.25, 0.3) is 0 Å². The first-order valence-corrected chi connectivity index (χ1v) is 6.38. The lowest BCUT2D eigenvalue weighted by molar-refractivity contribution is 0.0594. The van der Waals surface area contributed by atoms with Crippen molar-refractivity contribution < 1.29 is 27.8 Å². The van der Waals surface area contributed by atoms with Crippen molar-refractivity contribution in [3.8, 4) is 11.5 Å². The number of esters is 1. The van der Waals surface area contributed by atoms with Crippen LogP contribution in [-0.4, -0.2) is 20.2 Å². The molecule has 0 amide bonds. The summed E-state index contributed by atoms with van der Waals surface area (Å²) in [5.41, 5.74) is -0.460. The predicted octanol–water partition coefficient (Wildman–Crippen LogP) is 3.34. The number of ether oxygens (including phenoxy) is 3. The lowest BCUT2D eigenvalue weighted by atomic mass is 10.1. The monoisotopic (exact) mass is 308 g/mol. The van der Waals surface area contributed by atoms with E-state index in [-0.39, 0.29) is 12.2 Å². The minimum Gasteiger partial charge on any atom is -0.497 e. The van der Waals surface area contributed by atoms with Gasteiger partial charge in [-0.15, -0.1) is 0 Å². The third-order valence-electron chi connectivity index (χ3n) is 2.98. The molecule has 0 spiro atoms. The van der Waals surface area contributed by atoms with E-state index in [4.69, 9.17) is 9.47 Å². The lowest BCUT2D eigenvalue weighted by Gasteiger charge is -2.10. The summed E-state index contributed by atoms with van der Waals surface area (Å²) in [6, 6.07) is 8.45. The van der Waals surface area contributed by atoms with Gasteiger partial charge in [0.1, 0.15) is 29.7 Å². The van der Waals surface area contributed by atoms with Crippen molar-refractivity contribution in [2.75, 3.05) is 14.2 Å². The molecule has 0 heterocycles. The van der Waals surface area contributed by atoms with Crippen LogP contribution in [0.4, 0.5) is 8.78 Å². The van der Waals surface area contributed by atoms with E-state index in [1.54, 1.807) is 24.3 Å². The molecule has 0 aliphatic carbocycles. The topological polar surface area (TPSA) is 44.8 Å². The van der Waals surface area contributed by atoms with Crippen LogP contribution in [0.3, 0.4) is 0 Å². The molecule has 4 nitrogen and oxygen atoms in total. The Labute approximate surface area is 126 Å².